The van der Waals surface area contributed by atoms with Gasteiger partial charge in [0.25, 0.3) is 0 Å². The highest BCUT2D eigenvalue weighted by Gasteiger charge is 2.24. The van der Waals surface area contributed by atoms with Crippen molar-refractivity contribution in [3.05, 3.63) is 58.7 Å². The second-order valence-electron chi connectivity index (χ2n) is 6.82. The van der Waals surface area contributed by atoms with E-state index < -0.39 is 0 Å². The summed E-state index contributed by atoms with van der Waals surface area (Å²) in [6.07, 6.45) is 2.06. The number of para-hydroxylation sites is 1. The molecule has 3 heterocycles. The summed E-state index contributed by atoms with van der Waals surface area (Å²) in [5.41, 5.74) is 3.91. The standard InChI is InChI=1S/C22H24N2OS/c1-4-11-23-15(3)20(17-8-6-7-9-18(17)23)21(25)19-14-16-10-13-26-22(16)24(19)12-5-2/h6-10,13-14H,4-5,11-12H2,1-3H3. The molecular formula is C22H24N2OS. The number of hydrogen-bond donors (Lipinski definition) is 0. The van der Waals surface area contributed by atoms with Crippen molar-refractivity contribution in [2.45, 2.75) is 46.7 Å². The minimum absolute atomic E-state index is 0.144. The number of nitrogens with zero attached hydrogens (tertiary/aromatic N) is 2. The molecule has 0 radical (unpaired) electrons. The van der Waals surface area contributed by atoms with E-state index in [2.05, 4.69) is 65.6 Å². The van der Waals surface area contributed by atoms with E-state index in [0.717, 1.165) is 53.8 Å². The Labute approximate surface area is 157 Å². The number of benzene rings is 1. The molecule has 0 bridgehead atoms. The molecule has 0 aliphatic carbocycles. The number of rotatable bonds is 6. The van der Waals surface area contributed by atoms with Crippen molar-refractivity contribution in [3.63, 3.8) is 0 Å². The van der Waals surface area contributed by atoms with Crippen molar-refractivity contribution in [2.24, 2.45) is 0 Å². The Kier molecular flexibility index (Phi) is 4.45. The maximum absolute atomic E-state index is 13.6. The molecule has 3 aromatic heterocycles. The minimum atomic E-state index is 0.144. The summed E-state index contributed by atoms with van der Waals surface area (Å²) < 4.78 is 4.49. The smallest absolute Gasteiger partial charge is 0.211 e. The number of ketones is 1. The summed E-state index contributed by atoms with van der Waals surface area (Å²) in [6.45, 7) is 8.23. The average Bonchev–Trinajstić information content (AvgIpc) is 3.30. The first-order chi connectivity index (χ1) is 12.7. The molecule has 1 aromatic carbocycles. The highest BCUT2D eigenvalue weighted by atomic mass is 32.1. The molecule has 0 aliphatic rings. The summed E-state index contributed by atoms with van der Waals surface area (Å²) in [5.74, 6) is 0.144. The number of aryl methyl sites for hydroxylation is 2. The normalized spacial score (nSPS) is 11.7. The zero-order valence-corrected chi connectivity index (χ0v) is 16.4. The van der Waals surface area contributed by atoms with Gasteiger partial charge in [0.1, 0.15) is 4.83 Å². The topological polar surface area (TPSA) is 26.9 Å². The summed E-state index contributed by atoms with van der Waals surface area (Å²) in [5, 5.41) is 4.33. The van der Waals surface area contributed by atoms with E-state index in [9.17, 15) is 4.79 Å². The fourth-order valence-electron chi connectivity index (χ4n) is 3.97. The summed E-state index contributed by atoms with van der Waals surface area (Å²) >= 11 is 1.71. The van der Waals surface area contributed by atoms with Gasteiger partial charge in [0.05, 0.1) is 11.3 Å². The Hall–Kier alpha value is -2.33. The fraction of sp³-hybridized carbons (Fsp3) is 0.318. The first kappa shape index (κ1) is 17.1. The van der Waals surface area contributed by atoms with Crippen LogP contribution in [0.15, 0.2) is 41.8 Å². The molecule has 0 unspecified atom stereocenters. The van der Waals surface area contributed by atoms with Crippen LogP contribution in [0, 0.1) is 6.92 Å². The van der Waals surface area contributed by atoms with Gasteiger partial charge >= 0.3 is 0 Å². The fourth-order valence-corrected chi connectivity index (χ4v) is 4.89. The first-order valence-electron chi connectivity index (χ1n) is 9.36. The molecule has 3 nitrogen and oxygen atoms in total. The minimum Gasteiger partial charge on any atom is -0.344 e. The van der Waals surface area contributed by atoms with Crippen LogP contribution in [-0.4, -0.2) is 14.9 Å². The maximum atomic E-state index is 13.6. The third kappa shape index (κ3) is 2.52. The molecule has 0 amide bonds. The van der Waals surface area contributed by atoms with E-state index >= 15 is 0 Å². The largest absolute Gasteiger partial charge is 0.344 e. The SMILES string of the molecule is CCCn1c(C)c(C(=O)c2cc3ccsc3n2CCC)c2ccccc21. The van der Waals surface area contributed by atoms with Crippen molar-refractivity contribution >= 4 is 38.2 Å². The van der Waals surface area contributed by atoms with Gasteiger partial charge in [0.15, 0.2) is 0 Å². The molecule has 0 saturated heterocycles. The molecule has 0 aliphatic heterocycles. The second kappa shape index (κ2) is 6.76. The molecule has 26 heavy (non-hydrogen) atoms. The molecule has 134 valence electrons. The van der Waals surface area contributed by atoms with Crippen LogP contribution in [0.25, 0.3) is 21.1 Å². The van der Waals surface area contributed by atoms with Crippen LogP contribution in [0.4, 0.5) is 0 Å². The van der Waals surface area contributed by atoms with Gasteiger partial charge in [-0.05, 0) is 43.3 Å². The molecule has 0 N–H and O–H groups in total. The molecule has 4 aromatic rings. The van der Waals surface area contributed by atoms with Crippen molar-refractivity contribution in [1.29, 1.82) is 0 Å². The molecule has 0 spiro atoms. The lowest BCUT2D eigenvalue weighted by Crippen LogP contribution is -2.11. The lowest BCUT2D eigenvalue weighted by atomic mass is 10.0. The number of carbonyl (C=O) groups excluding carboxylic acids is 1. The van der Waals surface area contributed by atoms with Crippen LogP contribution in [-0.2, 0) is 13.1 Å². The first-order valence-corrected chi connectivity index (χ1v) is 10.2. The predicted molar refractivity (Wildman–Crippen MR) is 111 cm³/mol. The van der Waals surface area contributed by atoms with Crippen molar-refractivity contribution in [3.8, 4) is 0 Å². The van der Waals surface area contributed by atoms with Crippen LogP contribution >= 0.6 is 11.3 Å². The Balaban J connectivity index is 1.94. The van der Waals surface area contributed by atoms with E-state index in [1.807, 2.05) is 6.07 Å². The van der Waals surface area contributed by atoms with Crippen LogP contribution in [0.1, 0.15) is 48.4 Å². The highest BCUT2D eigenvalue weighted by Crippen LogP contribution is 2.32. The van der Waals surface area contributed by atoms with Crippen LogP contribution < -0.4 is 0 Å². The van der Waals surface area contributed by atoms with Gasteiger partial charge in [-0.3, -0.25) is 4.79 Å². The van der Waals surface area contributed by atoms with Gasteiger partial charge in [-0.25, -0.2) is 0 Å². The Morgan fingerprint density at radius 2 is 1.77 bits per heavy atom. The van der Waals surface area contributed by atoms with Crippen LogP contribution in [0.3, 0.4) is 0 Å². The summed E-state index contributed by atoms with van der Waals surface area (Å²) in [7, 11) is 0. The van der Waals surface area contributed by atoms with Crippen molar-refractivity contribution in [2.75, 3.05) is 0 Å². The van der Waals surface area contributed by atoms with E-state index in [1.165, 1.54) is 10.2 Å². The van der Waals surface area contributed by atoms with E-state index in [4.69, 9.17) is 0 Å². The molecule has 0 fully saturated rings. The van der Waals surface area contributed by atoms with Crippen molar-refractivity contribution in [1.82, 2.24) is 9.13 Å². The van der Waals surface area contributed by atoms with Gasteiger partial charge < -0.3 is 9.13 Å². The highest BCUT2D eigenvalue weighted by molar-refractivity contribution is 7.16. The molecule has 4 heteroatoms. The van der Waals surface area contributed by atoms with Gasteiger partial charge in [-0.15, -0.1) is 11.3 Å². The average molecular weight is 365 g/mol. The Morgan fingerprint density at radius 3 is 2.54 bits per heavy atom. The van der Waals surface area contributed by atoms with Gasteiger partial charge in [0.2, 0.25) is 5.78 Å². The third-order valence-corrected chi connectivity index (χ3v) is 6.04. The van der Waals surface area contributed by atoms with Gasteiger partial charge in [-0.1, -0.05) is 32.0 Å². The third-order valence-electron chi connectivity index (χ3n) is 5.09. The van der Waals surface area contributed by atoms with Crippen LogP contribution in [0.5, 0.6) is 0 Å². The summed E-state index contributed by atoms with van der Waals surface area (Å²) in [6, 6.07) is 12.5. The molecule has 0 atom stereocenters. The van der Waals surface area contributed by atoms with Crippen LogP contribution in [0.2, 0.25) is 0 Å². The molecule has 4 rings (SSSR count). The molecule has 0 saturated carbocycles. The maximum Gasteiger partial charge on any atom is 0.211 e. The van der Waals surface area contributed by atoms with Gasteiger partial charge in [-0.2, -0.15) is 0 Å². The monoisotopic (exact) mass is 364 g/mol. The van der Waals surface area contributed by atoms with Crippen molar-refractivity contribution < 1.29 is 4.79 Å². The summed E-state index contributed by atoms with van der Waals surface area (Å²) in [4.78, 5) is 14.8. The number of hydrogen-bond acceptors (Lipinski definition) is 2. The van der Waals surface area contributed by atoms with Gasteiger partial charge in [0, 0.05) is 35.1 Å². The Bertz CT molecular complexity index is 1100. The quantitative estimate of drug-likeness (QED) is 0.384. The lowest BCUT2D eigenvalue weighted by molar-refractivity contribution is 0.103. The van der Waals surface area contributed by atoms with E-state index in [1.54, 1.807) is 11.3 Å². The zero-order valence-electron chi connectivity index (χ0n) is 15.6. The Morgan fingerprint density at radius 1 is 1.04 bits per heavy atom. The molecular weight excluding hydrogens is 340 g/mol. The second-order valence-corrected chi connectivity index (χ2v) is 7.72. The number of thiophene rings is 1. The van der Waals surface area contributed by atoms with E-state index in [-0.39, 0.29) is 5.78 Å². The number of carbonyl (C=O) groups is 1. The number of fused-ring (bicyclic) bond motifs is 2. The predicted octanol–water partition coefficient (Wildman–Crippen LogP) is 6.02. The zero-order chi connectivity index (χ0) is 18.3. The number of aromatic nitrogens is 2. The van der Waals surface area contributed by atoms with E-state index in [0.29, 0.717) is 0 Å². The lowest BCUT2D eigenvalue weighted by Gasteiger charge is -2.09.